The molecule has 0 heterocycles. The Kier molecular flexibility index (Phi) is 11.6. The van der Waals surface area contributed by atoms with Gasteiger partial charge in [0.25, 0.3) is 0 Å². The molecule has 0 N–H and O–H groups in total. The Bertz CT molecular complexity index is 308. The lowest BCUT2D eigenvalue weighted by atomic mass is 9.55. The molecule has 0 rings (SSSR count). The maximum Gasteiger partial charge on any atom is 0.0275 e. The third-order valence-corrected chi connectivity index (χ3v) is 5.91. The molecule has 0 saturated heterocycles. The molecule has 0 fully saturated rings. The molecular formula is C21H39Br. The fourth-order valence-electron chi connectivity index (χ4n) is 4.85. The normalized spacial score (nSPS) is 13.6. The molecular weight excluding hydrogens is 332 g/mol. The second-order valence-corrected chi connectivity index (χ2v) is 8.21. The summed E-state index contributed by atoms with van der Waals surface area (Å²) in [5.41, 5.74) is 0.310. The van der Waals surface area contributed by atoms with Gasteiger partial charge in [-0.1, -0.05) is 92.9 Å². The summed E-state index contributed by atoms with van der Waals surface area (Å²) in [7, 11) is 0. The Labute approximate surface area is 149 Å². The van der Waals surface area contributed by atoms with Gasteiger partial charge in [-0.3, -0.25) is 0 Å². The van der Waals surface area contributed by atoms with Crippen molar-refractivity contribution in [1.82, 2.24) is 0 Å². The SMILES string of the molecule is CCCCCCCCC(C#CBr)C(C(C)C)(C(C)C)C(C)C. The minimum Gasteiger partial charge on any atom is -0.0867 e. The molecule has 130 valence electrons. The highest BCUT2D eigenvalue weighted by Gasteiger charge is 2.45. The van der Waals surface area contributed by atoms with E-state index in [0.717, 1.165) is 0 Å². The van der Waals surface area contributed by atoms with Crippen molar-refractivity contribution >= 4 is 15.9 Å². The van der Waals surface area contributed by atoms with E-state index in [4.69, 9.17) is 0 Å². The van der Waals surface area contributed by atoms with E-state index in [2.05, 4.69) is 75.1 Å². The molecule has 0 saturated carbocycles. The van der Waals surface area contributed by atoms with Crippen LogP contribution in [0, 0.1) is 39.8 Å². The Morgan fingerprint density at radius 2 is 1.23 bits per heavy atom. The highest BCUT2D eigenvalue weighted by molar-refractivity contribution is 9.12. The highest BCUT2D eigenvalue weighted by Crippen LogP contribution is 2.50. The Morgan fingerprint density at radius 3 is 1.64 bits per heavy atom. The van der Waals surface area contributed by atoms with Crippen molar-refractivity contribution in [2.75, 3.05) is 0 Å². The molecule has 0 radical (unpaired) electrons. The lowest BCUT2D eigenvalue weighted by molar-refractivity contribution is 0.000988. The van der Waals surface area contributed by atoms with Crippen molar-refractivity contribution in [2.45, 2.75) is 93.4 Å². The molecule has 0 aromatic rings. The van der Waals surface area contributed by atoms with Crippen LogP contribution in [0.15, 0.2) is 0 Å². The van der Waals surface area contributed by atoms with Gasteiger partial charge >= 0.3 is 0 Å². The van der Waals surface area contributed by atoms with Crippen LogP contribution in [0.1, 0.15) is 93.4 Å². The predicted octanol–water partition coefficient (Wildman–Crippen LogP) is 7.66. The van der Waals surface area contributed by atoms with Crippen molar-refractivity contribution in [3.8, 4) is 10.8 Å². The summed E-state index contributed by atoms with van der Waals surface area (Å²) in [6.07, 6.45) is 9.44. The van der Waals surface area contributed by atoms with Gasteiger partial charge in [0.1, 0.15) is 0 Å². The van der Waals surface area contributed by atoms with E-state index in [1.165, 1.54) is 44.9 Å². The number of hydrogen-bond donors (Lipinski definition) is 0. The maximum atomic E-state index is 3.54. The van der Waals surface area contributed by atoms with E-state index < -0.39 is 0 Å². The molecule has 0 spiro atoms. The summed E-state index contributed by atoms with van der Waals surface area (Å²) in [5.74, 6) is 6.01. The van der Waals surface area contributed by atoms with Gasteiger partial charge < -0.3 is 0 Å². The smallest absolute Gasteiger partial charge is 0.0275 e. The zero-order valence-electron chi connectivity index (χ0n) is 16.1. The molecule has 0 amide bonds. The first kappa shape index (κ1) is 22.0. The van der Waals surface area contributed by atoms with Crippen LogP contribution in [0.5, 0.6) is 0 Å². The van der Waals surface area contributed by atoms with Crippen molar-refractivity contribution in [3.05, 3.63) is 0 Å². The van der Waals surface area contributed by atoms with Crippen LogP contribution in [-0.2, 0) is 0 Å². The average molecular weight is 371 g/mol. The third-order valence-electron chi connectivity index (χ3n) is 5.68. The van der Waals surface area contributed by atoms with Crippen molar-refractivity contribution < 1.29 is 0 Å². The second kappa shape index (κ2) is 11.6. The Balaban J connectivity index is 4.95. The van der Waals surface area contributed by atoms with Crippen LogP contribution in [0.2, 0.25) is 0 Å². The molecule has 0 nitrogen and oxygen atoms in total. The summed E-state index contributed by atoms with van der Waals surface area (Å²) < 4.78 is 0. The van der Waals surface area contributed by atoms with Gasteiger partial charge in [-0.2, -0.15) is 0 Å². The van der Waals surface area contributed by atoms with Crippen LogP contribution in [0.3, 0.4) is 0 Å². The lowest BCUT2D eigenvalue weighted by Crippen LogP contribution is -2.44. The topological polar surface area (TPSA) is 0 Å². The molecule has 0 aliphatic carbocycles. The molecule has 0 aliphatic rings. The molecule has 1 heteroatoms. The highest BCUT2D eigenvalue weighted by atomic mass is 79.9. The summed E-state index contributed by atoms with van der Waals surface area (Å²) >= 11 is 3.37. The minimum absolute atomic E-state index is 0.310. The number of rotatable bonds is 11. The van der Waals surface area contributed by atoms with Crippen molar-refractivity contribution in [3.63, 3.8) is 0 Å². The molecule has 1 unspecified atom stereocenters. The van der Waals surface area contributed by atoms with Crippen molar-refractivity contribution in [2.24, 2.45) is 29.1 Å². The zero-order valence-corrected chi connectivity index (χ0v) is 17.7. The van der Waals surface area contributed by atoms with Gasteiger partial charge in [0.05, 0.1) is 0 Å². The maximum absolute atomic E-state index is 3.54. The molecule has 0 aromatic heterocycles. The quantitative estimate of drug-likeness (QED) is 0.258. The molecule has 22 heavy (non-hydrogen) atoms. The van der Waals surface area contributed by atoms with E-state index in [1.807, 2.05) is 0 Å². The molecule has 0 aromatic carbocycles. The predicted molar refractivity (Wildman–Crippen MR) is 105 cm³/mol. The van der Waals surface area contributed by atoms with Gasteiger partial charge in [0.2, 0.25) is 0 Å². The first-order valence-electron chi connectivity index (χ1n) is 9.46. The van der Waals surface area contributed by atoms with E-state index in [0.29, 0.717) is 29.1 Å². The van der Waals surface area contributed by atoms with E-state index >= 15 is 0 Å². The van der Waals surface area contributed by atoms with Crippen LogP contribution < -0.4 is 0 Å². The zero-order chi connectivity index (χ0) is 17.2. The largest absolute Gasteiger partial charge is 0.0867 e. The van der Waals surface area contributed by atoms with E-state index in [9.17, 15) is 0 Å². The first-order valence-corrected chi connectivity index (χ1v) is 10.3. The van der Waals surface area contributed by atoms with Gasteiger partial charge in [-0.15, -0.1) is 0 Å². The van der Waals surface area contributed by atoms with Crippen LogP contribution in [-0.4, -0.2) is 0 Å². The third kappa shape index (κ3) is 5.92. The minimum atomic E-state index is 0.310. The fourth-order valence-corrected chi connectivity index (χ4v) is 5.13. The standard InChI is InChI=1S/C21H39Br/c1-8-9-10-11-12-13-14-20(15-16-22)21(17(2)3,18(4)5)19(6)7/h17-20H,8-14H2,1-7H3. The molecule has 0 bridgehead atoms. The summed E-state index contributed by atoms with van der Waals surface area (Å²) in [6.45, 7) is 16.6. The van der Waals surface area contributed by atoms with Crippen LogP contribution >= 0.6 is 15.9 Å². The number of hydrogen-bond acceptors (Lipinski definition) is 0. The van der Waals surface area contributed by atoms with E-state index in [1.54, 1.807) is 0 Å². The van der Waals surface area contributed by atoms with Crippen molar-refractivity contribution in [1.29, 1.82) is 0 Å². The van der Waals surface area contributed by atoms with Gasteiger partial charge in [-0.05, 0) is 34.4 Å². The van der Waals surface area contributed by atoms with E-state index in [-0.39, 0.29) is 0 Å². The second-order valence-electron chi connectivity index (χ2n) is 7.81. The summed E-state index contributed by atoms with van der Waals surface area (Å²) in [5, 5.41) is 0. The lowest BCUT2D eigenvalue weighted by Gasteiger charge is -2.49. The Hall–Kier alpha value is 0.0400. The fraction of sp³-hybridized carbons (Fsp3) is 0.905. The molecule has 0 aliphatic heterocycles. The first-order chi connectivity index (χ1) is 10.3. The summed E-state index contributed by atoms with van der Waals surface area (Å²) in [4.78, 5) is 3.06. The van der Waals surface area contributed by atoms with Crippen LogP contribution in [0.25, 0.3) is 0 Å². The number of halogens is 1. The number of unbranched alkanes of at least 4 members (excludes halogenated alkanes) is 5. The molecule has 1 atom stereocenters. The van der Waals surface area contributed by atoms with Gasteiger partial charge in [-0.25, -0.2) is 0 Å². The van der Waals surface area contributed by atoms with Gasteiger partial charge in [0.15, 0.2) is 0 Å². The summed E-state index contributed by atoms with van der Waals surface area (Å²) in [6, 6.07) is 0. The van der Waals surface area contributed by atoms with Gasteiger partial charge in [0, 0.05) is 21.8 Å². The average Bonchev–Trinajstić information content (AvgIpc) is 2.41. The Morgan fingerprint density at radius 1 is 0.773 bits per heavy atom. The van der Waals surface area contributed by atoms with Crippen LogP contribution in [0.4, 0.5) is 0 Å². The monoisotopic (exact) mass is 370 g/mol.